The number of rotatable bonds is 33. The van der Waals surface area contributed by atoms with Gasteiger partial charge in [0.05, 0.1) is 44.3 Å². The lowest BCUT2D eigenvalue weighted by atomic mass is 9.99. The summed E-state index contributed by atoms with van der Waals surface area (Å²) in [6.45, 7) is 1.82. The molecular weight excluding hydrogens is 1690 g/mol. The van der Waals surface area contributed by atoms with Gasteiger partial charge < -0.3 is 126 Å². The van der Waals surface area contributed by atoms with Gasteiger partial charge in [-0.25, -0.2) is 0 Å². The molecule has 0 spiro atoms. The molecule has 42 nitrogen and oxygen atoms in total. The maximum atomic E-state index is 15.5. The van der Waals surface area contributed by atoms with Crippen molar-refractivity contribution in [3.8, 4) is 28.7 Å². The Morgan fingerprint density at radius 2 is 0.881 bits per heavy atom. The van der Waals surface area contributed by atoms with Crippen LogP contribution in [0.5, 0.6) is 28.7 Å². The van der Waals surface area contributed by atoms with E-state index in [1.54, 1.807) is 13.8 Å². The van der Waals surface area contributed by atoms with E-state index in [4.69, 9.17) is 5.73 Å². The standard InChI is InChI=1S/C82H102N16O26S2/c1-41(2)27-53(73(115)90-54(28-43-6-16-48(100)17-7-43)71(113)85-37-66(107)97-70(42(3)99)81(123)95-61(38-125)72(114)84-35-64(83)105)89-75(117)56(30-45-10-20-50(102)21-11-45)92-79(121)62-39-126-40-67(108)88-55(29-44-8-18-49(101)19-9-44)74(116)93-59(34-69(111)112)78(120)94-60(32-47-14-24-52(104)25-15-47)82(124)98-26-4-5-63(98)80(122)86-36-65(106)87-58(33-68(109)110)77(119)91-57(76(118)96-62)31-46-12-22-51(103)23-13-46/h6-25,41-42,53-63,70,99-104,125H,4-5,26-40H2,1-3H3,(H2,83,105)(H,84,114)(H,85,113)(H,86,122)(H,87,106)(H,88,108)(H,89,117)(H,90,115)(H,91,119)(H,92,121)(H,93,116)(H,94,120)(H,95,123)(H,96,118)(H,97,107)(H,109,110)(H,111,112)/t42-,53+,54+,55-,56+,57+,58+,59+,60+,61+,62+,63+,70+/m1/s1. The second kappa shape index (κ2) is 48.3. The first-order valence-electron chi connectivity index (χ1n) is 39.6. The fraction of sp³-hybridized carbons (Fsp3) is 0.415. The molecule has 0 aromatic heterocycles. The van der Waals surface area contributed by atoms with Gasteiger partial charge in [-0.15, -0.1) is 11.8 Å². The first kappa shape index (κ1) is 99.3. The number of thiol groups is 1. The van der Waals surface area contributed by atoms with Crippen LogP contribution in [0.1, 0.15) is 80.7 Å². The maximum absolute atomic E-state index is 15.5. The molecule has 0 unspecified atom stereocenters. The number of aliphatic hydroxyl groups is 1. The van der Waals surface area contributed by atoms with Gasteiger partial charge in [0.1, 0.15) is 101 Å². The number of phenolic OH excluding ortho intramolecular Hbond substituents is 5. The number of hydrogen-bond acceptors (Lipinski definition) is 26. The first-order chi connectivity index (χ1) is 59.7. The minimum absolute atomic E-state index is 0.0295. The fourth-order valence-electron chi connectivity index (χ4n) is 13.1. The van der Waals surface area contributed by atoms with E-state index >= 15 is 14.4 Å². The molecular formula is C82H102N16O26S2. The SMILES string of the molecule is CC(C)C[C@H](NC(=O)[C@H](Cc1ccc(O)cc1)NC(=O)[C@@H]1CSCC(=O)N[C@H](Cc2ccc(O)cc2)C(=O)N[C@@H](CC(=O)O)C(=O)N[C@@H](Cc2ccc(O)cc2)C(=O)N2CCC[C@H]2C(=O)NCC(=O)N[C@@H](CC(=O)O)C(=O)N[C@@H](Cc2ccc(O)cc2)C(=O)N1)C(=O)N[C@@H](Cc1ccc(O)cc1)C(=O)NCC(=O)N[C@H](C(=O)N[C@@H](CS)C(=O)NCC(N)=O)[C@@H](C)O. The molecule has 2 heterocycles. The maximum Gasteiger partial charge on any atom is 0.305 e. The van der Waals surface area contributed by atoms with Gasteiger partial charge >= 0.3 is 11.9 Å². The van der Waals surface area contributed by atoms with Crippen molar-refractivity contribution >= 4 is 131 Å². The predicted octanol–water partition coefficient (Wildman–Crippen LogP) is -5.06. The average molecular weight is 1790 g/mol. The van der Waals surface area contributed by atoms with Crippen molar-refractivity contribution in [1.29, 1.82) is 0 Å². The van der Waals surface area contributed by atoms with Gasteiger partial charge in [-0.3, -0.25) is 86.3 Å². The number of nitrogens with one attached hydrogen (secondary N) is 14. The van der Waals surface area contributed by atoms with Crippen molar-refractivity contribution in [1.82, 2.24) is 79.3 Å². The van der Waals surface area contributed by atoms with Gasteiger partial charge in [0.2, 0.25) is 94.5 Å². The van der Waals surface area contributed by atoms with E-state index in [0.29, 0.717) is 22.9 Å². The Bertz CT molecular complexity index is 4740. The Kier molecular flexibility index (Phi) is 38.1. The summed E-state index contributed by atoms with van der Waals surface area (Å²) in [7, 11) is 0. The zero-order valence-electron chi connectivity index (χ0n) is 68.5. The Labute approximate surface area is 730 Å². The number of carbonyl (C=O) groups is 18. The topological polar surface area (TPSA) is 667 Å². The molecule has 2 aliphatic rings. The highest BCUT2D eigenvalue weighted by molar-refractivity contribution is 8.00. The Morgan fingerprint density at radius 3 is 1.37 bits per heavy atom. The second-order valence-electron chi connectivity index (χ2n) is 30.2. The number of nitrogens with zero attached hydrogens (tertiary/aromatic N) is 1. The smallest absolute Gasteiger partial charge is 0.305 e. The third kappa shape index (κ3) is 32.5. The number of aromatic hydroxyl groups is 5. The van der Waals surface area contributed by atoms with E-state index in [1.807, 2.05) is 0 Å². The molecule has 16 amide bonds. The molecule has 126 heavy (non-hydrogen) atoms. The van der Waals surface area contributed by atoms with E-state index < -0.39 is 254 Å². The molecule has 5 aromatic rings. The summed E-state index contributed by atoms with van der Waals surface area (Å²) in [5, 5.41) is 116. The Balaban J connectivity index is 1.25. The number of phenols is 5. The van der Waals surface area contributed by atoms with Crippen LogP contribution in [0.15, 0.2) is 121 Å². The average Bonchev–Trinajstić information content (AvgIpc) is 1.44. The van der Waals surface area contributed by atoms with Crippen LogP contribution in [0.4, 0.5) is 0 Å². The molecule has 0 saturated carbocycles. The number of amides is 16. The van der Waals surface area contributed by atoms with Crippen molar-refractivity contribution in [2.24, 2.45) is 11.7 Å². The summed E-state index contributed by atoms with van der Waals surface area (Å²) in [5.41, 5.74) is 6.45. The summed E-state index contributed by atoms with van der Waals surface area (Å²) in [4.78, 5) is 253. The molecule has 2 fully saturated rings. The summed E-state index contributed by atoms with van der Waals surface area (Å²) >= 11 is 4.65. The third-order valence-electron chi connectivity index (χ3n) is 19.6. The Hall–Kier alpha value is -13.8. The number of aliphatic carboxylic acids is 2. The molecule has 0 bridgehead atoms. The lowest BCUT2D eigenvalue weighted by molar-refractivity contribution is -0.143. The number of aliphatic hydroxyl groups excluding tert-OH is 1. The van der Waals surface area contributed by atoms with Crippen LogP contribution >= 0.6 is 24.4 Å². The van der Waals surface area contributed by atoms with Gasteiger partial charge in [-0.1, -0.05) is 74.5 Å². The molecule has 44 heteroatoms. The molecule has 678 valence electrons. The number of carboxylic acids is 2. The molecule has 2 aliphatic heterocycles. The Morgan fingerprint density at radius 1 is 0.476 bits per heavy atom. The molecule has 0 radical (unpaired) electrons. The fourth-order valence-corrected chi connectivity index (χ4v) is 14.3. The summed E-state index contributed by atoms with van der Waals surface area (Å²) in [6.07, 6.45) is -6.20. The highest BCUT2D eigenvalue weighted by Gasteiger charge is 2.42. The van der Waals surface area contributed by atoms with Crippen molar-refractivity contribution in [2.45, 2.75) is 164 Å². The van der Waals surface area contributed by atoms with Crippen molar-refractivity contribution < 1.29 is 127 Å². The minimum Gasteiger partial charge on any atom is -0.508 e. The summed E-state index contributed by atoms with van der Waals surface area (Å²) in [5.74, 6) is -24.2. The highest BCUT2D eigenvalue weighted by Crippen LogP contribution is 2.23. The van der Waals surface area contributed by atoms with Gasteiger partial charge in [0, 0.05) is 50.2 Å². The number of primary amides is 1. The van der Waals surface area contributed by atoms with Gasteiger partial charge in [-0.05, 0) is 121 Å². The minimum atomic E-state index is -2.06. The molecule has 0 aliphatic carbocycles. The van der Waals surface area contributed by atoms with E-state index in [1.165, 1.54) is 121 Å². The number of benzene rings is 5. The summed E-state index contributed by atoms with van der Waals surface area (Å²) < 4.78 is 0. The van der Waals surface area contributed by atoms with Crippen molar-refractivity contribution in [3.05, 3.63) is 149 Å². The van der Waals surface area contributed by atoms with Crippen molar-refractivity contribution in [2.75, 3.05) is 43.4 Å². The molecule has 5 aromatic carbocycles. The van der Waals surface area contributed by atoms with Crippen LogP contribution in [0, 0.1) is 5.92 Å². The first-order valence-corrected chi connectivity index (χ1v) is 41.4. The highest BCUT2D eigenvalue weighted by atomic mass is 32.2. The summed E-state index contributed by atoms with van der Waals surface area (Å²) in [6, 6.07) is 5.20. The zero-order valence-corrected chi connectivity index (χ0v) is 70.2. The zero-order chi connectivity index (χ0) is 92.6. The number of fused-ring (bicyclic) bond motifs is 1. The van der Waals surface area contributed by atoms with E-state index in [9.17, 15) is 113 Å². The number of hydrogen-bond donors (Lipinski definition) is 24. The number of nitrogens with two attached hydrogens (primary N) is 1. The largest absolute Gasteiger partial charge is 0.508 e. The predicted molar refractivity (Wildman–Crippen MR) is 450 cm³/mol. The van der Waals surface area contributed by atoms with Crippen LogP contribution in [-0.4, -0.2) is 274 Å². The molecule has 2 saturated heterocycles. The van der Waals surface area contributed by atoms with Crippen molar-refractivity contribution in [3.63, 3.8) is 0 Å². The molecule has 7 rings (SSSR count). The van der Waals surface area contributed by atoms with Crippen LogP contribution < -0.4 is 80.2 Å². The van der Waals surface area contributed by atoms with Gasteiger partial charge in [0.15, 0.2) is 0 Å². The molecule has 13 atom stereocenters. The molecule has 24 N–H and O–H groups in total. The van der Waals surface area contributed by atoms with Crippen LogP contribution in [0.3, 0.4) is 0 Å². The third-order valence-corrected chi connectivity index (χ3v) is 21.0. The van der Waals surface area contributed by atoms with Gasteiger partial charge in [-0.2, -0.15) is 12.6 Å². The van der Waals surface area contributed by atoms with E-state index in [0.717, 1.165) is 11.8 Å². The van der Waals surface area contributed by atoms with E-state index in [2.05, 4.69) is 87.1 Å². The number of carbonyl (C=O) groups excluding carboxylic acids is 16. The van der Waals surface area contributed by atoms with Crippen LogP contribution in [0.25, 0.3) is 0 Å². The van der Waals surface area contributed by atoms with Crippen LogP contribution in [-0.2, 0) is 118 Å². The van der Waals surface area contributed by atoms with Gasteiger partial charge in [0.25, 0.3) is 0 Å². The quantitative estimate of drug-likeness (QED) is 0.0175. The van der Waals surface area contributed by atoms with Crippen LogP contribution in [0.2, 0.25) is 0 Å². The normalized spacial score (nSPS) is 19.7. The second-order valence-corrected chi connectivity index (χ2v) is 31.6. The van der Waals surface area contributed by atoms with E-state index in [-0.39, 0.29) is 89.8 Å². The number of thioether (sulfide) groups is 1. The monoisotopic (exact) mass is 1790 g/mol. The lowest BCUT2D eigenvalue weighted by Crippen LogP contribution is -2.61. The lowest BCUT2D eigenvalue weighted by Gasteiger charge is -2.30. The number of carboxylic acid groups (broad SMARTS) is 2.